The van der Waals surface area contributed by atoms with Crippen LogP contribution in [0.1, 0.15) is 23.6 Å². The maximum Gasteiger partial charge on any atom is 0.319 e. The number of anilines is 1. The molecule has 2 amide bonds. The van der Waals surface area contributed by atoms with Gasteiger partial charge in [0.25, 0.3) is 0 Å². The zero-order chi connectivity index (χ0) is 20.4. The Kier molecular flexibility index (Phi) is 5.41. The van der Waals surface area contributed by atoms with Gasteiger partial charge in [-0.25, -0.2) is 4.79 Å². The second-order valence-corrected chi connectivity index (χ2v) is 8.14. The van der Waals surface area contributed by atoms with Crippen LogP contribution in [0.15, 0.2) is 60.0 Å². The van der Waals surface area contributed by atoms with Gasteiger partial charge < -0.3 is 15.2 Å². The van der Waals surface area contributed by atoms with Crippen molar-refractivity contribution in [3.05, 3.63) is 76.7 Å². The predicted octanol–water partition coefficient (Wildman–Crippen LogP) is 6.33. The largest absolute Gasteiger partial charge is 0.340 e. The highest BCUT2D eigenvalue weighted by molar-refractivity contribution is 7.13. The molecule has 0 spiro atoms. The molecular formula is C24H25N3OS. The van der Waals surface area contributed by atoms with E-state index in [1.807, 2.05) is 32.0 Å². The maximum absolute atomic E-state index is 12.6. The molecule has 0 saturated heterocycles. The SMILES string of the molecule is CCn1c(-c2cccs2)c(CNC(=O)Nc2cc(C)ccc2C)c2ccccc21. The highest BCUT2D eigenvalue weighted by Gasteiger charge is 2.19. The third-order valence-corrected chi connectivity index (χ3v) is 6.09. The quantitative estimate of drug-likeness (QED) is 0.402. The van der Waals surface area contributed by atoms with Crippen molar-refractivity contribution in [2.45, 2.75) is 33.9 Å². The third-order valence-electron chi connectivity index (χ3n) is 5.21. The van der Waals surface area contributed by atoms with Gasteiger partial charge in [0.2, 0.25) is 0 Å². The lowest BCUT2D eigenvalue weighted by Crippen LogP contribution is -2.28. The topological polar surface area (TPSA) is 46.1 Å². The molecular weight excluding hydrogens is 378 g/mol. The zero-order valence-corrected chi connectivity index (χ0v) is 17.8. The summed E-state index contributed by atoms with van der Waals surface area (Å²) in [4.78, 5) is 13.9. The number of carbonyl (C=O) groups is 1. The lowest BCUT2D eigenvalue weighted by atomic mass is 10.1. The van der Waals surface area contributed by atoms with Crippen molar-refractivity contribution in [1.82, 2.24) is 9.88 Å². The standard InChI is InChI=1S/C24H25N3OS/c1-4-27-21-9-6-5-8-18(21)19(23(27)22-10-7-13-29-22)15-25-24(28)26-20-14-16(2)11-12-17(20)3/h5-14H,4,15H2,1-3H3,(H2,25,26,28). The Bertz CT molecular complexity index is 1160. The highest BCUT2D eigenvalue weighted by Crippen LogP contribution is 2.36. The van der Waals surface area contributed by atoms with Crippen molar-refractivity contribution >= 4 is 34.0 Å². The normalized spacial score (nSPS) is 11.0. The minimum Gasteiger partial charge on any atom is -0.340 e. The van der Waals surface area contributed by atoms with Crippen LogP contribution < -0.4 is 10.6 Å². The van der Waals surface area contributed by atoms with E-state index in [-0.39, 0.29) is 6.03 Å². The molecule has 4 aromatic rings. The molecule has 0 aliphatic heterocycles. The van der Waals surface area contributed by atoms with Crippen LogP contribution in [0, 0.1) is 13.8 Å². The average Bonchev–Trinajstić information content (AvgIpc) is 3.34. The van der Waals surface area contributed by atoms with Crippen LogP contribution in [-0.2, 0) is 13.1 Å². The van der Waals surface area contributed by atoms with Gasteiger partial charge >= 0.3 is 6.03 Å². The number of hydrogen-bond acceptors (Lipinski definition) is 2. The van der Waals surface area contributed by atoms with Gasteiger partial charge in [0.15, 0.2) is 0 Å². The smallest absolute Gasteiger partial charge is 0.319 e. The first kappa shape index (κ1) is 19.3. The fraction of sp³-hybridized carbons (Fsp3) is 0.208. The van der Waals surface area contributed by atoms with E-state index in [0.717, 1.165) is 28.9 Å². The van der Waals surface area contributed by atoms with Crippen LogP contribution >= 0.6 is 11.3 Å². The number of nitrogens with zero attached hydrogens (tertiary/aromatic N) is 1. The number of urea groups is 1. The monoisotopic (exact) mass is 403 g/mol. The van der Waals surface area contributed by atoms with E-state index in [1.165, 1.54) is 21.5 Å². The van der Waals surface area contributed by atoms with Crippen LogP contribution in [0.2, 0.25) is 0 Å². The van der Waals surface area contributed by atoms with Gasteiger partial charge in [-0.2, -0.15) is 0 Å². The molecule has 0 aliphatic carbocycles. The summed E-state index contributed by atoms with van der Waals surface area (Å²) in [5.74, 6) is 0. The van der Waals surface area contributed by atoms with E-state index in [1.54, 1.807) is 11.3 Å². The predicted molar refractivity (Wildman–Crippen MR) is 123 cm³/mol. The van der Waals surface area contributed by atoms with Crippen LogP contribution in [0.5, 0.6) is 0 Å². The molecule has 4 nitrogen and oxygen atoms in total. The first-order valence-corrected chi connectivity index (χ1v) is 10.7. The fourth-order valence-corrected chi connectivity index (χ4v) is 4.59. The second kappa shape index (κ2) is 8.13. The molecule has 148 valence electrons. The molecule has 2 N–H and O–H groups in total. The number of hydrogen-bond donors (Lipinski definition) is 2. The number of fused-ring (bicyclic) bond motifs is 1. The summed E-state index contributed by atoms with van der Waals surface area (Å²) >= 11 is 1.73. The molecule has 0 saturated carbocycles. The van der Waals surface area contributed by atoms with E-state index >= 15 is 0 Å². The average molecular weight is 404 g/mol. The van der Waals surface area contributed by atoms with Gasteiger partial charge in [-0.1, -0.05) is 36.4 Å². The molecule has 0 radical (unpaired) electrons. The highest BCUT2D eigenvalue weighted by atomic mass is 32.1. The number of amides is 2. The summed E-state index contributed by atoms with van der Waals surface area (Å²) in [7, 11) is 0. The molecule has 0 bridgehead atoms. The molecule has 0 fully saturated rings. The van der Waals surface area contributed by atoms with E-state index in [4.69, 9.17) is 0 Å². The van der Waals surface area contributed by atoms with Crippen LogP contribution in [0.25, 0.3) is 21.5 Å². The Morgan fingerprint density at radius 1 is 1.07 bits per heavy atom. The number of aryl methyl sites for hydroxylation is 3. The number of para-hydroxylation sites is 1. The van der Waals surface area contributed by atoms with Crippen molar-refractivity contribution < 1.29 is 4.79 Å². The summed E-state index contributed by atoms with van der Waals surface area (Å²) in [6.45, 7) is 7.53. The molecule has 0 aliphatic rings. The summed E-state index contributed by atoms with van der Waals surface area (Å²) in [6.07, 6.45) is 0. The minimum atomic E-state index is -0.191. The Labute approximate surface area is 175 Å². The number of thiophene rings is 1. The molecule has 2 aromatic carbocycles. The summed E-state index contributed by atoms with van der Waals surface area (Å²) in [5.41, 5.74) is 6.56. The van der Waals surface area contributed by atoms with Crippen LogP contribution in [0.3, 0.4) is 0 Å². The van der Waals surface area contributed by atoms with E-state index in [2.05, 4.69) is 63.9 Å². The van der Waals surface area contributed by atoms with Crippen LogP contribution in [-0.4, -0.2) is 10.6 Å². The van der Waals surface area contributed by atoms with Gasteiger partial charge in [-0.15, -0.1) is 11.3 Å². The van der Waals surface area contributed by atoms with Crippen molar-refractivity contribution in [3.63, 3.8) is 0 Å². The molecule has 4 rings (SSSR count). The van der Waals surface area contributed by atoms with Crippen molar-refractivity contribution in [3.8, 4) is 10.6 Å². The van der Waals surface area contributed by atoms with Gasteiger partial charge in [0.1, 0.15) is 0 Å². The molecule has 2 aromatic heterocycles. The second-order valence-electron chi connectivity index (χ2n) is 7.19. The Morgan fingerprint density at radius 3 is 2.66 bits per heavy atom. The van der Waals surface area contributed by atoms with Gasteiger partial charge in [0.05, 0.1) is 10.6 Å². The summed E-state index contributed by atoms with van der Waals surface area (Å²) < 4.78 is 2.33. The number of carbonyl (C=O) groups excluding carboxylic acids is 1. The summed E-state index contributed by atoms with van der Waals surface area (Å²) in [5, 5.41) is 9.34. The van der Waals surface area contributed by atoms with Crippen molar-refractivity contribution in [1.29, 1.82) is 0 Å². The third kappa shape index (κ3) is 3.78. The van der Waals surface area contributed by atoms with Gasteiger partial charge in [-0.05, 0) is 55.5 Å². The maximum atomic E-state index is 12.6. The van der Waals surface area contributed by atoms with Crippen molar-refractivity contribution in [2.24, 2.45) is 0 Å². The first-order chi connectivity index (χ1) is 14.1. The lowest BCUT2D eigenvalue weighted by Gasteiger charge is -2.12. The lowest BCUT2D eigenvalue weighted by molar-refractivity contribution is 0.252. The van der Waals surface area contributed by atoms with Gasteiger partial charge in [0, 0.05) is 35.2 Å². The fourth-order valence-electron chi connectivity index (χ4n) is 3.78. The molecule has 5 heteroatoms. The number of nitrogens with one attached hydrogen (secondary N) is 2. The molecule has 29 heavy (non-hydrogen) atoms. The Hall–Kier alpha value is -3.05. The molecule has 0 unspecified atom stereocenters. The Balaban J connectivity index is 1.65. The van der Waals surface area contributed by atoms with E-state index in [0.29, 0.717) is 6.54 Å². The Morgan fingerprint density at radius 2 is 1.90 bits per heavy atom. The van der Waals surface area contributed by atoms with Gasteiger partial charge in [-0.3, -0.25) is 0 Å². The van der Waals surface area contributed by atoms with Crippen molar-refractivity contribution in [2.75, 3.05) is 5.32 Å². The molecule has 0 atom stereocenters. The number of aromatic nitrogens is 1. The first-order valence-electron chi connectivity index (χ1n) is 9.84. The van der Waals surface area contributed by atoms with Crippen LogP contribution in [0.4, 0.5) is 10.5 Å². The number of benzene rings is 2. The zero-order valence-electron chi connectivity index (χ0n) is 17.0. The minimum absolute atomic E-state index is 0.191. The van der Waals surface area contributed by atoms with E-state index < -0.39 is 0 Å². The molecule has 2 heterocycles. The number of rotatable bonds is 5. The summed E-state index contributed by atoms with van der Waals surface area (Å²) in [6, 6.07) is 18.5. The van der Waals surface area contributed by atoms with E-state index in [9.17, 15) is 4.79 Å².